The predicted molar refractivity (Wildman–Crippen MR) is 67.2 cm³/mol. The van der Waals surface area contributed by atoms with Gasteiger partial charge in [0.25, 0.3) is 0 Å². The van der Waals surface area contributed by atoms with E-state index in [1.54, 1.807) is 0 Å². The molecule has 0 aromatic carbocycles. The summed E-state index contributed by atoms with van der Waals surface area (Å²) in [6.07, 6.45) is 4.44. The van der Waals surface area contributed by atoms with Crippen LogP contribution in [0.25, 0.3) is 0 Å². The molecule has 1 N–H and O–H groups in total. The zero-order valence-electron chi connectivity index (χ0n) is 11.1. The number of carboxylic acids is 1. The van der Waals surface area contributed by atoms with E-state index < -0.39 is 11.5 Å². The van der Waals surface area contributed by atoms with Crippen molar-refractivity contribution in [2.75, 3.05) is 26.3 Å². The summed E-state index contributed by atoms with van der Waals surface area (Å²) < 4.78 is 5.46. The van der Waals surface area contributed by atoms with Crippen LogP contribution in [0, 0.1) is 0 Å². The van der Waals surface area contributed by atoms with Crippen LogP contribution in [0.4, 0.5) is 0 Å². The molecule has 1 heterocycles. The largest absolute Gasteiger partial charge is 0.480 e. The minimum atomic E-state index is -0.660. The van der Waals surface area contributed by atoms with Crippen molar-refractivity contribution in [3.63, 3.8) is 0 Å². The van der Waals surface area contributed by atoms with Gasteiger partial charge in [0.05, 0.1) is 6.61 Å². The topological polar surface area (TPSA) is 49.8 Å². The third-order valence-corrected chi connectivity index (χ3v) is 3.54. The molecule has 0 spiro atoms. The number of hydrogen-bond acceptors (Lipinski definition) is 3. The van der Waals surface area contributed by atoms with Gasteiger partial charge in [0.1, 0.15) is 5.54 Å². The van der Waals surface area contributed by atoms with Crippen LogP contribution in [-0.4, -0.2) is 47.8 Å². The number of rotatable bonds is 8. The Balaban J connectivity index is 2.53. The number of aliphatic carboxylic acids is 1. The summed E-state index contributed by atoms with van der Waals surface area (Å²) in [5, 5.41) is 9.49. The normalized spacial score (nSPS) is 25.3. The fourth-order valence-electron chi connectivity index (χ4n) is 2.73. The molecule has 4 heteroatoms. The maximum absolute atomic E-state index is 11.5. The number of nitrogens with zero attached hydrogens (tertiary/aromatic N) is 1. The van der Waals surface area contributed by atoms with Gasteiger partial charge in [-0.25, -0.2) is 0 Å². The van der Waals surface area contributed by atoms with Crippen LogP contribution >= 0.6 is 0 Å². The lowest BCUT2D eigenvalue weighted by Gasteiger charge is -2.34. The van der Waals surface area contributed by atoms with Crippen molar-refractivity contribution >= 4 is 5.97 Å². The number of carboxylic acid groups (broad SMARTS) is 1. The van der Waals surface area contributed by atoms with E-state index in [0.717, 1.165) is 51.8 Å². The van der Waals surface area contributed by atoms with Crippen LogP contribution in [0.1, 0.15) is 46.0 Å². The first-order chi connectivity index (χ1) is 8.17. The Morgan fingerprint density at radius 2 is 2.12 bits per heavy atom. The third kappa shape index (κ3) is 3.42. The van der Waals surface area contributed by atoms with Gasteiger partial charge < -0.3 is 9.84 Å². The van der Waals surface area contributed by atoms with Gasteiger partial charge in [-0.2, -0.15) is 0 Å². The molecule has 0 aliphatic carbocycles. The summed E-state index contributed by atoms with van der Waals surface area (Å²) >= 11 is 0. The van der Waals surface area contributed by atoms with Crippen molar-refractivity contribution in [3.8, 4) is 0 Å². The zero-order chi connectivity index (χ0) is 12.7. The summed E-state index contributed by atoms with van der Waals surface area (Å²) in [6.45, 7) is 7.17. The second-order valence-electron chi connectivity index (χ2n) is 4.79. The van der Waals surface area contributed by atoms with E-state index in [2.05, 4.69) is 18.7 Å². The average molecular weight is 243 g/mol. The lowest BCUT2D eigenvalue weighted by molar-refractivity contribution is -0.150. The lowest BCUT2D eigenvalue weighted by Crippen LogP contribution is -2.51. The first kappa shape index (κ1) is 14.5. The maximum atomic E-state index is 11.5. The molecule has 1 rings (SSSR count). The molecule has 1 aliphatic rings. The third-order valence-electron chi connectivity index (χ3n) is 3.54. The van der Waals surface area contributed by atoms with Crippen LogP contribution in [0.15, 0.2) is 0 Å². The molecular weight excluding hydrogens is 218 g/mol. The van der Waals surface area contributed by atoms with Crippen molar-refractivity contribution in [2.24, 2.45) is 0 Å². The molecule has 4 nitrogen and oxygen atoms in total. The van der Waals surface area contributed by atoms with E-state index in [1.165, 1.54) is 0 Å². The molecule has 0 aromatic heterocycles. The number of ether oxygens (including phenoxy) is 1. The molecule has 1 unspecified atom stereocenters. The average Bonchev–Trinajstić information content (AvgIpc) is 2.70. The monoisotopic (exact) mass is 243 g/mol. The van der Waals surface area contributed by atoms with Crippen LogP contribution in [-0.2, 0) is 9.53 Å². The Morgan fingerprint density at radius 1 is 1.35 bits per heavy atom. The van der Waals surface area contributed by atoms with E-state index >= 15 is 0 Å². The molecule has 0 aromatic rings. The smallest absolute Gasteiger partial charge is 0.324 e. The van der Waals surface area contributed by atoms with Crippen molar-refractivity contribution in [1.29, 1.82) is 0 Å². The molecule has 1 fully saturated rings. The molecule has 17 heavy (non-hydrogen) atoms. The van der Waals surface area contributed by atoms with E-state index in [9.17, 15) is 9.90 Å². The van der Waals surface area contributed by atoms with Crippen LogP contribution in [0.3, 0.4) is 0 Å². The van der Waals surface area contributed by atoms with Gasteiger partial charge in [0, 0.05) is 13.2 Å². The van der Waals surface area contributed by atoms with E-state index in [4.69, 9.17) is 4.74 Å². The quantitative estimate of drug-likeness (QED) is 0.663. The van der Waals surface area contributed by atoms with Gasteiger partial charge in [0.15, 0.2) is 0 Å². The standard InChI is InChI=1S/C13H25NO3/c1-3-6-13(12(15)16)7-5-8-14(13)9-11-17-10-4-2/h3-11H2,1-2H3,(H,15,16). The predicted octanol–water partition coefficient (Wildman–Crippen LogP) is 2.13. The molecule has 1 atom stereocenters. The van der Waals surface area contributed by atoms with Crippen LogP contribution < -0.4 is 0 Å². The van der Waals surface area contributed by atoms with Gasteiger partial charge in [-0.3, -0.25) is 9.69 Å². The summed E-state index contributed by atoms with van der Waals surface area (Å²) in [5.41, 5.74) is -0.621. The Labute approximate surface area is 104 Å². The Morgan fingerprint density at radius 3 is 2.71 bits per heavy atom. The fraction of sp³-hybridized carbons (Fsp3) is 0.923. The first-order valence-corrected chi connectivity index (χ1v) is 6.73. The summed E-state index contributed by atoms with van der Waals surface area (Å²) in [7, 11) is 0. The highest BCUT2D eigenvalue weighted by Crippen LogP contribution is 2.33. The first-order valence-electron chi connectivity index (χ1n) is 6.73. The Bertz CT molecular complexity index is 245. The van der Waals surface area contributed by atoms with E-state index in [1.807, 2.05) is 0 Å². The van der Waals surface area contributed by atoms with Crippen molar-refractivity contribution < 1.29 is 14.6 Å². The molecule has 1 saturated heterocycles. The molecular formula is C13H25NO3. The Kier molecular flexibility index (Phi) is 5.92. The fourth-order valence-corrected chi connectivity index (χ4v) is 2.73. The van der Waals surface area contributed by atoms with Gasteiger partial charge in [-0.1, -0.05) is 20.3 Å². The maximum Gasteiger partial charge on any atom is 0.324 e. The molecule has 0 saturated carbocycles. The molecule has 0 bridgehead atoms. The van der Waals surface area contributed by atoms with Gasteiger partial charge in [-0.05, 0) is 32.2 Å². The van der Waals surface area contributed by atoms with Gasteiger partial charge >= 0.3 is 5.97 Å². The summed E-state index contributed by atoms with van der Waals surface area (Å²) in [4.78, 5) is 13.6. The number of hydrogen-bond donors (Lipinski definition) is 1. The second-order valence-corrected chi connectivity index (χ2v) is 4.79. The molecule has 0 radical (unpaired) electrons. The second kappa shape index (κ2) is 6.97. The minimum Gasteiger partial charge on any atom is -0.480 e. The highest BCUT2D eigenvalue weighted by molar-refractivity contribution is 5.79. The van der Waals surface area contributed by atoms with E-state index in [-0.39, 0.29) is 0 Å². The van der Waals surface area contributed by atoms with Crippen LogP contribution in [0.5, 0.6) is 0 Å². The van der Waals surface area contributed by atoms with Crippen molar-refractivity contribution in [1.82, 2.24) is 4.90 Å². The van der Waals surface area contributed by atoms with Gasteiger partial charge in [0.2, 0.25) is 0 Å². The molecule has 0 amide bonds. The summed E-state index contributed by atoms with van der Waals surface area (Å²) in [6, 6.07) is 0. The summed E-state index contributed by atoms with van der Waals surface area (Å²) in [5.74, 6) is -0.660. The van der Waals surface area contributed by atoms with Crippen LogP contribution in [0.2, 0.25) is 0 Å². The van der Waals surface area contributed by atoms with Crippen molar-refractivity contribution in [2.45, 2.75) is 51.5 Å². The Hall–Kier alpha value is -0.610. The number of carbonyl (C=O) groups is 1. The lowest BCUT2D eigenvalue weighted by atomic mass is 9.91. The highest BCUT2D eigenvalue weighted by atomic mass is 16.5. The van der Waals surface area contributed by atoms with Crippen molar-refractivity contribution in [3.05, 3.63) is 0 Å². The molecule has 100 valence electrons. The highest BCUT2D eigenvalue weighted by Gasteiger charge is 2.46. The van der Waals surface area contributed by atoms with Gasteiger partial charge in [-0.15, -0.1) is 0 Å². The minimum absolute atomic E-state index is 0.621. The number of likely N-dealkylation sites (tertiary alicyclic amines) is 1. The van der Waals surface area contributed by atoms with E-state index in [0.29, 0.717) is 6.61 Å². The molecule has 1 aliphatic heterocycles. The SMILES string of the molecule is CCCOCCN1CCCC1(CCC)C(=O)O. The zero-order valence-corrected chi connectivity index (χ0v) is 11.1.